The summed E-state index contributed by atoms with van der Waals surface area (Å²) in [5.74, 6) is 0.391. The quantitative estimate of drug-likeness (QED) is 0.762. The van der Waals surface area contributed by atoms with Crippen LogP contribution in [0.5, 0.6) is 5.75 Å². The smallest absolute Gasteiger partial charge is 0.148 e. The lowest BCUT2D eigenvalue weighted by Gasteiger charge is -2.23. The van der Waals surface area contributed by atoms with Crippen LogP contribution in [-0.4, -0.2) is 39.5 Å². The minimum absolute atomic E-state index is 0.0767. The fraction of sp³-hybridized carbons (Fsp3) is 0.389. The van der Waals surface area contributed by atoms with Crippen molar-refractivity contribution in [3.8, 4) is 5.75 Å². The molecule has 1 aromatic carbocycles. The second-order valence-corrected chi connectivity index (χ2v) is 7.56. The fourth-order valence-electron chi connectivity index (χ4n) is 2.15. The van der Waals surface area contributed by atoms with Gasteiger partial charge in [-0.05, 0) is 32.9 Å². The van der Waals surface area contributed by atoms with Gasteiger partial charge in [0.2, 0.25) is 0 Å². The number of aliphatic hydroxyl groups is 1. The van der Waals surface area contributed by atoms with Gasteiger partial charge in [-0.3, -0.25) is 0 Å². The summed E-state index contributed by atoms with van der Waals surface area (Å²) in [4.78, 5) is 4.01. The highest BCUT2D eigenvalue weighted by Crippen LogP contribution is 2.38. The average molecular weight is 384 g/mol. The van der Waals surface area contributed by atoms with E-state index in [1.54, 1.807) is 35.4 Å². The summed E-state index contributed by atoms with van der Waals surface area (Å²) in [6.07, 6.45) is 4.33. The lowest BCUT2D eigenvalue weighted by atomic mass is 10.1. The molecule has 0 spiro atoms. The van der Waals surface area contributed by atoms with Gasteiger partial charge in [-0.25, -0.2) is 4.98 Å². The van der Waals surface area contributed by atoms with Gasteiger partial charge in [0.25, 0.3) is 0 Å². The van der Waals surface area contributed by atoms with Gasteiger partial charge in [-0.15, -0.1) is 0 Å². The molecule has 0 aliphatic rings. The predicted octanol–water partition coefficient (Wildman–Crippen LogP) is 3.84. The van der Waals surface area contributed by atoms with Crippen LogP contribution in [-0.2, 0) is 0 Å². The van der Waals surface area contributed by atoms with Crippen molar-refractivity contribution in [3.05, 3.63) is 53.0 Å². The summed E-state index contributed by atoms with van der Waals surface area (Å²) in [7, 11) is 0. The summed E-state index contributed by atoms with van der Waals surface area (Å²) < 4.78 is 7.52. The molecular formula is C18H23Cl2N3O2. The van der Waals surface area contributed by atoms with E-state index < -0.39 is 6.10 Å². The van der Waals surface area contributed by atoms with Crippen molar-refractivity contribution in [2.24, 2.45) is 0 Å². The summed E-state index contributed by atoms with van der Waals surface area (Å²) in [5.41, 5.74) is 1.07. The van der Waals surface area contributed by atoms with Gasteiger partial charge >= 0.3 is 0 Å². The number of ether oxygens (including phenoxy) is 1. The molecule has 1 atom stereocenters. The van der Waals surface area contributed by atoms with Crippen LogP contribution in [0.25, 0.3) is 5.70 Å². The molecule has 0 saturated heterocycles. The molecule has 0 radical (unpaired) electrons. The largest absolute Gasteiger partial charge is 0.489 e. The molecule has 0 aliphatic carbocycles. The minimum atomic E-state index is -0.691. The van der Waals surface area contributed by atoms with E-state index in [4.69, 9.17) is 27.9 Å². The molecular weight excluding hydrogens is 361 g/mol. The van der Waals surface area contributed by atoms with Gasteiger partial charge in [-0.2, -0.15) is 0 Å². The number of nitrogens with one attached hydrogen (secondary N) is 1. The normalized spacial score (nSPS) is 12.9. The first-order valence-corrected chi connectivity index (χ1v) is 8.66. The van der Waals surface area contributed by atoms with Gasteiger partial charge in [0.15, 0.2) is 0 Å². The summed E-state index contributed by atoms with van der Waals surface area (Å²) >= 11 is 12.6. The van der Waals surface area contributed by atoms with Gasteiger partial charge < -0.3 is 19.7 Å². The van der Waals surface area contributed by atoms with Gasteiger partial charge in [0, 0.05) is 24.5 Å². The molecule has 0 saturated carbocycles. The highest BCUT2D eigenvalue weighted by atomic mass is 35.5. The highest BCUT2D eigenvalue weighted by Gasteiger charge is 2.19. The van der Waals surface area contributed by atoms with Gasteiger partial charge in [0.05, 0.1) is 27.6 Å². The SMILES string of the molecule is C=C(c1c(Cl)ccc(Cl)c1OCC(O)CNC(C)(C)C)n1ccnc1. The Bertz CT molecular complexity index is 725. The molecule has 136 valence electrons. The maximum Gasteiger partial charge on any atom is 0.148 e. The lowest BCUT2D eigenvalue weighted by molar-refractivity contribution is 0.0999. The average Bonchev–Trinajstić information content (AvgIpc) is 3.06. The third kappa shape index (κ3) is 5.47. The molecule has 2 N–H and O–H groups in total. The van der Waals surface area contributed by atoms with Crippen LogP contribution in [0.2, 0.25) is 10.0 Å². The molecule has 1 heterocycles. The first-order chi connectivity index (χ1) is 11.7. The van der Waals surface area contributed by atoms with E-state index in [0.29, 0.717) is 33.6 Å². The number of aliphatic hydroxyl groups excluding tert-OH is 1. The number of halogens is 2. The van der Waals surface area contributed by atoms with Crippen LogP contribution in [0.1, 0.15) is 26.3 Å². The maximum atomic E-state index is 10.1. The third-order valence-corrected chi connectivity index (χ3v) is 4.06. The number of hydrogen-bond donors (Lipinski definition) is 2. The van der Waals surface area contributed by atoms with Crippen molar-refractivity contribution < 1.29 is 9.84 Å². The number of hydrogen-bond acceptors (Lipinski definition) is 4. The molecule has 5 nitrogen and oxygen atoms in total. The van der Waals surface area contributed by atoms with Crippen molar-refractivity contribution >= 4 is 28.9 Å². The summed E-state index contributed by atoms with van der Waals surface area (Å²) in [5, 5.41) is 14.2. The van der Waals surface area contributed by atoms with Crippen LogP contribution in [0.3, 0.4) is 0 Å². The van der Waals surface area contributed by atoms with Crippen LogP contribution >= 0.6 is 23.2 Å². The minimum Gasteiger partial charge on any atom is -0.489 e. The molecule has 7 heteroatoms. The van der Waals surface area contributed by atoms with E-state index in [1.165, 1.54) is 0 Å². The Kier molecular flexibility index (Phi) is 6.52. The zero-order chi connectivity index (χ0) is 18.6. The molecule has 25 heavy (non-hydrogen) atoms. The Morgan fingerprint density at radius 2 is 2.04 bits per heavy atom. The Morgan fingerprint density at radius 1 is 1.36 bits per heavy atom. The van der Waals surface area contributed by atoms with Crippen molar-refractivity contribution in [1.82, 2.24) is 14.9 Å². The standard InChI is InChI=1S/C18H23Cl2N3O2/c1-12(23-8-7-21-11-23)16-14(19)5-6-15(20)17(16)25-10-13(24)9-22-18(2,3)4/h5-8,11,13,22,24H,1,9-10H2,2-4H3. The van der Waals surface area contributed by atoms with Crippen LogP contribution in [0.4, 0.5) is 0 Å². The maximum absolute atomic E-state index is 10.1. The third-order valence-electron chi connectivity index (χ3n) is 3.45. The monoisotopic (exact) mass is 383 g/mol. The Hall–Kier alpha value is -1.53. The number of aromatic nitrogens is 2. The lowest BCUT2D eigenvalue weighted by Crippen LogP contribution is -2.42. The van der Waals surface area contributed by atoms with E-state index in [0.717, 1.165) is 0 Å². The Morgan fingerprint density at radius 3 is 2.64 bits per heavy atom. The van der Waals surface area contributed by atoms with E-state index in [9.17, 15) is 5.11 Å². The first-order valence-electron chi connectivity index (χ1n) is 7.90. The second-order valence-electron chi connectivity index (χ2n) is 6.75. The summed E-state index contributed by atoms with van der Waals surface area (Å²) in [6.45, 7) is 10.6. The molecule has 2 rings (SSSR count). The van der Waals surface area contributed by atoms with Crippen molar-refractivity contribution in [2.75, 3.05) is 13.2 Å². The van der Waals surface area contributed by atoms with E-state index >= 15 is 0 Å². The Labute approximate surface area is 158 Å². The zero-order valence-corrected chi connectivity index (χ0v) is 16.1. The topological polar surface area (TPSA) is 59.3 Å². The van der Waals surface area contributed by atoms with E-state index in [-0.39, 0.29) is 12.1 Å². The number of imidazole rings is 1. The molecule has 0 fully saturated rings. The number of nitrogens with zero attached hydrogens (tertiary/aromatic N) is 2. The Balaban J connectivity index is 2.17. The van der Waals surface area contributed by atoms with E-state index in [1.807, 2.05) is 20.8 Å². The van der Waals surface area contributed by atoms with E-state index in [2.05, 4.69) is 16.9 Å². The van der Waals surface area contributed by atoms with Gasteiger partial charge in [0.1, 0.15) is 18.5 Å². The molecule has 0 amide bonds. The van der Waals surface area contributed by atoms with Crippen molar-refractivity contribution in [3.63, 3.8) is 0 Å². The predicted molar refractivity (Wildman–Crippen MR) is 102 cm³/mol. The zero-order valence-electron chi connectivity index (χ0n) is 14.6. The van der Waals surface area contributed by atoms with Crippen molar-refractivity contribution in [1.29, 1.82) is 0 Å². The molecule has 2 aromatic rings. The summed E-state index contributed by atoms with van der Waals surface area (Å²) in [6, 6.07) is 3.34. The molecule has 1 aromatic heterocycles. The van der Waals surface area contributed by atoms with Gasteiger partial charge in [-0.1, -0.05) is 29.8 Å². The van der Waals surface area contributed by atoms with Crippen LogP contribution in [0.15, 0.2) is 37.4 Å². The first kappa shape index (κ1) is 19.8. The number of benzene rings is 1. The molecule has 1 unspecified atom stereocenters. The number of rotatable bonds is 7. The van der Waals surface area contributed by atoms with Crippen molar-refractivity contribution in [2.45, 2.75) is 32.4 Å². The molecule has 0 bridgehead atoms. The molecule has 0 aliphatic heterocycles. The number of β-amino-alcohol motifs (C(OH)–C–C–N with tert-alkyl or cyclic N) is 1. The highest BCUT2D eigenvalue weighted by molar-refractivity contribution is 6.35. The van der Waals surface area contributed by atoms with Crippen LogP contribution < -0.4 is 10.1 Å². The van der Waals surface area contributed by atoms with Crippen LogP contribution in [0, 0.1) is 0 Å². The fourth-order valence-corrected chi connectivity index (χ4v) is 2.62. The second kappa shape index (κ2) is 8.23.